The van der Waals surface area contributed by atoms with Crippen molar-refractivity contribution in [2.75, 3.05) is 31.6 Å². The third-order valence-corrected chi connectivity index (χ3v) is 8.64. The minimum Gasteiger partial charge on any atom is -0.494 e. The zero-order valence-electron chi connectivity index (χ0n) is 24.5. The van der Waals surface area contributed by atoms with Gasteiger partial charge in [-0.1, -0.05) is 63.2 Å². The van der Waals surface area contributed by atoms with Crippen molar-refractivity contribution in [2.24, 2.45) is 0 Å². The minimum absolute atomic E-state index is 0.0386. The number of ketones is 1. The molecule has 3 aromatic rings. The van der Waals surface area contributed by atoms with E-state index in [4.69, 9.17) is 10.1 Å². The number of hydrogen-bond acceptors (Lipinski definition) is 4. The molecule has 0 spiro atoms. The van der Waals surface area contributed by atoms with Crippen LogP contribution in [0.3, 0.4) is 0 Å². The van der Waals surface area contributed by atoms with Crippen molar-refractivity contribution in [2.45, 2.75) is 64.8 Å². The van der Waals surface area contributed by atoms with Crippen LogP contribution in [0.2, 0.25) is 0 Å². The maximum absolute atomic E-state index is 15.5. The maximum atomic E-state index is 15.5. The van der Waals surface area contributed by atoms with Crippen molar-refractivity contribution in [1.82, 2.24) is 4.90 Å². The fourth-order valence-corrected chi connectivity index (χ4v) is 6.28. The van der Waals surface area contributed by atoms with Crippen LogP contribution in [0.5, 0.6) is 5.75 Å². The summed E-state index contributed by atoms with van der Waals surface area (Å²) in [5, 5.41) is 9.10. The number of nitrogens with one attached hydrogen (secondary N) is 1. The molecule has 0 radical (unpaired) electrons. The number of anilines is 1. The molecule has 0 bridgehead atoms. The van der Waals surface area contributed by atoms with Crippen LogP contribution in [0.4, 0.5) is 10.1 Å². The number of carbonyl (C=O) groups excluding carboxylic acids is 1. The van der Waals surface area contributed by atoms with E-state index in [2.05, 4.69) is 25.7 Å². The molecule has 2 heterocycles. The predicted octanol–water partition coefficient (Wildman–Crippen LogP) is 7.22. The van der Waals surface area contributed by atoms with Crippen LogP contribution < -0.4 is 9.64 Å². The van der Waals surface area contributed by atoms with Gasteiger partial charge in [0, 0.05) is 24.2 Å². The van der Waals surface area contributed by atoms with E-state index in [1.54, 1.807) is 25.0 Å². The van der Waals surface area contributed by atoms with Crippen molar-refractivity contribution >= 4 is 17.3 Å². The second-order valence-corrected chi connectivity index (χ2v) is 12.3. The summed E-state index contributed by atoms with van der Waals surface area (Å²) in [5.74, 6) is 0.352. The van der Waals surface area contributed by atoms with E-state index in [1.807, 2.05) is 55.5 Å². The average molecular weight is 542 g/mol. The highest BCUT2D eigenvalue weighted by molar-refractivity contribution is 6.07. The number of rotatable bonds is 6. The Balaban J connectivity index is 1.61. The number of fused-ring (bicyclic) bond motifs is 1. The molecule has 1 unspecified atom stereocenters. The summed E-state index contributed by atoms with van der Waals surface area (Å²) in [6.45, 7) is 11.9. The van der Waals surface area contributed by atoms with Crippen LogP contribution in [-0.2, 0) is 11.0 Å². The molecule has 1 N–H and O–H groups in total. The standard InChI is InChI=1S/C34H40FN3O2/c1-22-15-16-25-29(30(22)35)32(36)38(34(25,5)24-13-9-7-10-14-24)21-28(39)23-19-26(33(2,3)4)31(40-6)27(20-23)37-17-11-8-12-18-37/h7,9-10,13-16,19-20,36H,8,11-12,17-18,21H2,1-6H3. The van der Waals surface area contributed by atoms with Crippen LogP contribution in [0, 0.1) is 18.2 Å². The molecule has 5 rings (SSSR count). The molecule has 0 aliphatic carbocycles. The van der Waals surface area contributed by atoms with Gasteiger partial charge in [-0.05, 0) is 67.3 Å². The average Bonchev–Trinajstić information content (AvgIpc) is 3.17. The molecule has 2 aliphatic rings. The largest absolute Gasteiger partial charge is 0.494 e. The molecule has 0 amide bonds. The second kappa shape index (κ2) is 10.4. The van der Waals surface area contributed by atoms with E-state index in [0.29, 0.717) is 16.7 Å². The van der Waals surface area contributed by atoms with Crippen molar-refractivity contribution in [3.05, 3.63) is 93.8 Å². The molecule has 3 aromatic carbocycles. The van der Waals surface area contributed by atoms with E-state index in [0.717, 1.165) is 48.5 Å². The summed E-state index contributed by atoms with van der Waals surface area (Å²) in [6.07, 6.45) is 3.42. The molecule has 2 aliphatic heterocycles. The van der Waals surface area contributed by atoms with Crippen molar-refractivity contribution in [1.29, 1.82) is 5.41 Å². The van der Waals surface area contributed by atoms with Crippen LogP contribution in [0.15, 0.2) is 54.6 Å². The van der Waals surface area contributed by atoms with Crippen LogP contribution >= 0.6 is 0 Å². The zero-order chi connectivity index (χ0) is 28.8. The molecule has 6 heteroatoms. The molecule has 1 atom stereocenters. The molecule has 40 heavy (non-hydrogen) atoms. The molecule has 1 saturated heterocycles. The number of carbonyl (C=O) groups is 1. The Labute approximate surface area is 237 Å². The van der Waals surface area contributed by atoms with E-state index < -0.39 is 11.4 Å². The molecule has 0 aromatic heterocycles. The molecular formula is C34H40FN3O2. The van der Waals surface area contributed by atoms with E-state index in [1.165, 1.54) is 6.42 Å². The fourth-order valence-electron chi connectivity index (χ4n) is 6.28. The van der Waals surface area contributed by atoms with Crippen molar-refractivity contribution < 1.29 is 13.9 Å². The highest BCUT2D eigenvalue weighted by Gasteiger charge is 2.48. The van der Waals surface area contributed by atoms with Gasteiger partial charge in [-0.25, -0.2) is 4.39 Å². The monoisotopic (exact) mass is 541 g/mol. The quantitative estimate of drug-likeness (QED) is 0.335. The fraction of sp³-hybridized carbons (Fsp3) is 0.412. The number of amidine groups is 1. The lowest BCUT2D eigenvalue weighted by Gasteiger charge is -2.37. The van der Waals surface area contributed by atoms with E-state index in [9.17, 15) is 4.79 Å². The normalized spacial score (nSPS) is 19.1. The first-order valence-corrected chi connectivity index (χ1v) is 14.2. The van der Waals surface area contributed by atoms with Gasteiger partial charge in [0.25, 0.3) is 0 Å². The van der Waals surface area contributed by atoms with Crippen LogP contribution in [0.1, 0.15) is 85.1 Å². The first-order valence-electron chi connectivity index (χ1n) is 14.2. The highest BCUT2D eigenvalue weighted by Crippen LogP contribution is 2.46. The molecule has 0 saturated carbocycles. The summed E-state index contributed by atoms with van der Waals surface area (Å²) in [5.41, 5.74) is 3.78. The summed E-state index contributed by atoms with van der Waals surface area (Å²) < 4.78 is 21.5. The number of Topliss-reactive ketones (excluding diaryl/α,β-unsaturated/α-hetero) is 1. The predicted molar refractivity (Wildman–Crippen MR) is 160 cm³/mol. The van der Waals surface area contributed by atoms with Gasteiger partial charge in [0.2, 0.25) is 0 Å². The second-order valence-electron chi connectivity index (χ2n) is 12.3. The number of aryl methyl sites for hydroxylation is 1. The van der Waals surface area contributed by atoms with Gasteiger partial charge in [0.05, 0.1) is 30.4 Å². The number of nitrogens with zero attached hydrogens (tertiary/aromatic N) is 2. The first kappa shape index (κ1) is 27.9. The zero-order valence-corrected chi connectivity index (χ0v) is 24.5. The SMILES string of the molecule is COc1c(N2CCCCC2)cc(C(=O)CN2C(=N)c3c(ccc(C)c3F)C2(C)c2ccccc2)cc1C(C)(C)C. The van der Waals surface area contributed by atoms with Gasteiger partial charge in [-0.3, -0.25) is 10.2 Å². The Morgan fingerprint density at radius 1 is 1.05 bits per heavy atom. The lowest BCUT2D eigenvalue weighted by molar-refractivity contribution is 0.0930. The maximum Gasteiger partial charge on any atom is 0.182 e. The highest BCUT2D eigenvalue weighted by atomic mass is 19.1. The van der Waals surface area contributed by atoms with Crippen molar-refractivity contribution in [3.63, 3.8) is 0 Å². The summed E-state index contributed by atoms with van der Waals surface area (Å²) >= 11 is 0. The van der Waals surface area contributed by atoms with Gasteiger partial charge >= 0.3 is 0 Å². The summed E-state index contributed by atoms with van der Waals surface area (Å²) in [4.78, 5) is 18.3. The molecule has 210 valence electrons. The Morgan fingerprint density at radius 3 is 2.35 bits per heavy atom. The smallest absolute Gasteiger partial charge is 0.182 e. The lowest BCUT2D eigenvalue weighted by atomic mass is 9.83. The lowest BCUT2D eigenvalue weighted by Crippen LogP contribution is -2.45. The molecule has 5 nitrogen and oxygen atoms in total. The Bertz CT molecular complexity index is 1450. The number of halogens is 1. The van der Waals surface area contributed by atoms with E-state index in [-0.39, 0.29) is 29.1 Å². The minimum atomic E-state index is -0.868. The number of hydrogen-bond donors (Lipinski definition) is 1. The van der Waals surface area contributed by atoms with Gasteiger partial charge in [-0.15, -0.1) is 0 Å². The van der Waals surface area contributed by atoms with Gasteiger partial charge in [0.15, 0.2) is 5.78 Å². The number of piperidine rings is 1. The number of ether oxygens (including phenoxy) is 1. The van der Waals surface area contributed by atoms with Gasteiger partial charge in [0.1, 0.15) is 17.4 Å². The Kier molecular flexibility index (Phi) is 7.24. The number of methoxy groups -OCH3 is 1. The van der Waals surface area contributed by atoms with Crippen LogP contribution in [-0.4, -0.2) is 43.3 Å². The molecule has 1 fully saturated rings. The Hall–Kier alpha value is -3.67. The molecular weight excluding hydrogens is 501 g/mol. The Morgan fingerprint density at radius 2 is 1.73 bits per heavy atom. The van der Waals surface area contributed by atoms with E-state index >= 15 is 4.39 Å². The van der Waals surface area contributed by atoms with Gasteiger partial charge in [-0.2, -0.15) is 0 Å². The summed E-state index contributed by atoms with van der Waals surface area (Å²) in [6, 6.07) is 17.4. The first-order chi connectivity index (χ1) is 19.0. The summed E-state index contributed by atoms with van der Waals surface area (Å²) in [7, 11) is 1.70. The van der Waals surface area contributed by atoms with Crippen LogP contribution in [0.25, 0.3) is 0 Å². The third kappa shape index (κ3) is 4.57. The van der Waals surface area contributed by atoms with Crippen molar-refractivity contribution in [3.8, 4) is 5.75 Å². The third-order valence-electron chi connectivity index (χ3n) is 8.64. The number of benzene rings is 3. The topological polar surface area (TPSA) is 56.6 Å². The van der Waals surface area contributed by atoms with Gasteiger partial charge < -0.3 is 14.5 Å².